The minimum atomic E-state index is -3.49. The average Bonchev–Trinajstić information content (AvgIpc) is 3.33. The number of carbonyl (C=O) groups is 2. The Morgan fingerprint density at radius 2 is 2.03 bits per heavy atom. The van der Waals surface area contributed by atoms with Crippen molar-refractivity contribution in [3.63, 3.8) is 0 Å². The lowest BCUT2D eigenvalue weighted by Crippen LogP contribution is -2.47. The molecule has 2 fully saturated rings. The number of nitrogens with zero attached hydrogens (tertiary/aromatic N) is 3. The fraction of sp³-hybridized carbons (Fsp3) is 0.542. The molecule has 1 saturated heterocycles. The number of likely N-dealkylation sites (tertiary alicyclic amines) is 1. The molecule has 35 heavy (non-hydrogen) atoms. The standard InChI is InChI=1S/C24H33BrN4O5S/c1-7-9-12-35(32,33)28(6)15-24-13-17(29(18(24)14-24)22(31)34-23(3,4)5)21(30)27-20-16(8-2)10-11-19(25)26-20/h7-8,10-11,17-18H,1-2,9,12-15H2,3-6H3,(H,26,27,30)/t17-,18+,24-/m0/s1. The van der Waals surface area contributed by atoms with Gasteiger partial charge in [-0.25, -0.2) is 22.5 Å². The fourth-order valence-electron chi connectivity index (χ4n) is 4.50. The number of rotatable bonds is 9. The van der Waals surface area contributed by atoms with E-state index in [-0.39, 0.29) is 18.3 Å². The minimum absolute atomic E-state index is 0.0354. The van der Waals surface area contributed by atoms with Crippen LogP contribution >= 0.6 is 15.9 Å². The summed E-state index contributed by atoms with van der Waals surface area (Å²) in [6.07, 6.45) is 3.83. The molecule has 1 aliphatic heterocycles. The van der Waals surface area contributed by atoms with Crippen LogP contribution < -0.4 is 5.32 Å². The van der Waals surface area contributed by atoms with Crippen molar-refractivity contribution in [3.8, 4) is 0 Å². The lowest BCUT2D eigenvalue weighted by Gasteiger charge is -2.29. The molecule has 1 N–H and O–H groups in total. The van der Waals surface area contributed by atoms with Gasteiger partial charge in [-0.3, -0.25) is 9.69 Å². The van der Waals surface area contributed by atoms with Crippen LogP contribution in [0.25, 0.3) is 6.08 Å². The first-order valence-corrected chi connectivity index (χ1v) is 13.8. The van der Waals surface area contributed by atoms with E-state index < -0.39 is 39.1 Å². The number of fused-ring (bicyclic) bond motifs is 1. The zero-order valence-electron chi connectivity index (χ0n) is 20.6. The highest BCUT2D eigenvalue weighted by Crippen LogP contribution is 2.60. The van der Waals surface area contributed by atoms with Crippen LogP contribution in [-0.2, 0) is 19.6 Å². The summed E-state index contributed by atoms with van der Waals surface area (Å²) in [5.74, 6) is -0.123. The Bertz CT molecular complexity index is 1130. The Labute approximate surface area is 215 Å². The molecule has 1 aromatic rings. The molecule has 0 unspecified atom stereocenters. The molecule has 2 heterocycles. The zero-order chi connectivity index (χ0) is 26.2. The number of nitrogens with one attached hydrogen (secondary N) is 1. The third kappa shape index (κ3) is 6.13. The van der Waals surface area contributed by atoms with Gasteiger partial charge in [0.15, 0.2) is 0 Å². The monoisotopic (exact) mass is 568 g/mol. The quantitative estimate of drug-likeness (QED) is 0.356. The summed E-state index contributed by atoms with van der Waals surface area (Å²) in [6, 6.07) is 2.38. The molecule has 2 aliphatic rings. The summed E-state index contributed by atoms with van der Waals surface area (Å²) in [5.41, 5.74) is -0.623. The third-order valence-corrected chi connectivity index (χ3v) is 8.54. The lowest BCUT2D eigenvalue weighted by molar-refractivity contribution is -0.121. The molecule has 192 valence electrons. The number of allylic oxidation sites excluding steroid dienone is 1. The molecule has 9 nitrogen and oxygen atoms in total. The SMILES string of the molecule is C=CCCS(=O)(=O)N(C)C[C@@]12C[C@@H](C(=O)Nc3nc(Br)ccc3C=C)N(C(=O)OC(C)(C)C)[C@@H]1C2. The van der Waals surface area contributed by atoms with E-state index in [0.29, 0.717) is 35.2 Å². The number of anilines is 1. The molecule has 1 saturated carbocycles. The van der Waals surface area contributed by atoms with Crippen LogP contribution in [0.5, 0.6) is 0 Å². The number of halogens is 1. The first kappa shape index (κ1) is 27.3. The Hall–Kier alpha value is -2.24. The van der Waals surface area contributed by atoms with E-state index in [0.717, 1.165) is 0 Å². The molecular weight excluding hydrogens is 536 g/mol. The van der Waals surface area contributed by atoms with Gasteiger partial charge in [-0.05, 0) is 68.1 Å². The van der Waals surface area contributed by atoms with Gasteiger partial charge in [0, 0.05) is 30.6 Å². The van der Waals surface area contributed by atoms with Gasteiger partial charge < -0.3 is 10.1 Å². The number of carbonyl (C=O) groups excluding carboxylic acids is 2. The van der Waals surface area contributed by atoms with Crippen molar-refractivity contribution in [2.24, 2.45) is 5.41 Å². The number of amides is 2. The fourth-order valence-corrected chi connectivity index (χ4v) is 6.04. The van der Waals surface area contributed by atoms with Gasteiger partial charge in [0.25, 0.3) is 0 Å². The molecular formula is C24H33BrN4O5S. The average molecular weight is 570 g/mol. The zero-order valence-corrected chi connectivity index (χ0v) is 23.0. The van der Waals surface area contributed by atoms with Crippen molar-refractivity contribution >= 4 is 49.8 Å². The molecule has 0 aromatic carbocycles. The van der Waals surface area contributed by atoms with E-state index in [1.807, 2.05) is 0 Å². The second-order valence-electron chi connectivity index (χ2n) is 10.1. The van der Waals surface area contributed by atoms with Gasteiger partial charge in [-0.15, -0.1) is 6.58 Å². The van der Waals surface area contributed by atoms with E-state index in [1.165, 1.54) is 16.3 Å². The summed E-state index contributed by atoms with van der Waals surface area (Å²) < 4.78 is 32.8. The van der Waals surface area contributed by atoms with Crippen LogP contribution in [0.1, 0.15) is 45.6 Å². The highest BCUT2D eigenvalue weighted by molar-refractivity contribution is 9.10. The second-order valence-corrected chi connectivity index (χ2v) is 13.1. The van der Waals surface area contributed by atoms with E-state index in [1.54, 1.807) is 45.1 Å². The van der Waals surface area contributed by atoms with Crippen molar-refractivity contribution in [1.29, 1.82) is 0 Å². The molecule has 0 spiro atoms. The van der Waals surface area contributed by atoms with Crippen LogP contribution in [0.4, 0.5) is 10.6 Å². The van der Waals surface area contributed by atoms with E-state index in [2.05, 4.69) is 39.4 Å². The third-order valence-electron chi connectivity index (χ3n) is 6.27. The topological polar surface area (TPSA) is 109 Å². The number of ether oxygens (including phenoxy) is 1. The van der Waals surface area contributed by atoms with Gasteiger partial charge in [-0.1, -0.05) is 18.7 Å². The smallest absolute Gasteiger partial charge is 0.411 e. The first-order chi connectivity index (χ1) is 16.2. The van der Waals surface area contributed by atoms with Crippen molar-refractivity contribution in [3.05, 3.63) is 41.5 Å². The summed E-state index contributed by atoms with van der Waals surface area (Å²) in [4.78, 5) is 32.4. The van der Waals surface area contributed by atoms with Crippen LogP contribution in [0, 0.1) is 5.41 Å². The summed E-state index contributed by atoms with van der Waals surface area (Å²) in [6.45, 7) is 12.8. The number of pyridine rings is 1. The maximum Gasteiger partial charge on any atom is 0.411 e. The Morgan fingerprint density at radius 3 is 2.63 bits per heavy atom. The molecule has 1 aromatic heterocycles. The van der Waals surface area contributed by atoms with Gasteiger partial charge >= 0.3 is 6.09 Å². The molecule has 1 aliphatic carbocycles. The summed E-state index contributed by atoms with van der Waals surface area (Å²) in [7, 11) is -1.95. The number of piperidine rings is 1. The molecule has 3 atom stereocenters. The van der Waals surface area contributed by atoms with Crippen molar-refractivity contribution in [2.45, 2.75) is 57.7 Å². The normalized spacial score (nSPS) is 23.5. The van der Waals surface area contributed by atoms with Crippen molar-refractivity contribution in [1.82, 2.24) is 14.2 Å². The highest BCUT2D eigenvalue weighted by atomic mass is 79.9. The summed E-state index contributed by atoms with van der Waals surface area (Å²) >= 11 is 3.31. The maximum absolute atomic E-state index is 13.4. The van der Waals surface area contributed by atoms with Gasteiger partial charge in [0.1, 0.15) is 22.1 Å². The molecule has 0 radical (unpaired) electrons. The van der Waals surface area contributed by atoms with Crippen molar-refractivity contribution < 1.29 is 22.7 Å². The van der Waals surface area contributed by atoms with E-state index >= 15 is 0 Å². The van der Waals surface area contributed by atoms with E-state index in [9.17, 15) is 18.0 Å². The lowest BCUT2D eigenvalue weighted by atomic mass is 9.99. The summed E-state index contributed by atoms with van der Waals surface area (Å²) in [5, 5.41) is 2.82. The second kappa shape index (κ2) is 10.0. The van der Waals surface area contributed by atoms with E-state index in [4.69, 9.17) is 4.74 Å². The Kier molecular flexibility index (Phi) is 7.83. The number of hydrogen-bond acceptors (Lipinski definition) is 6. The molecule has 11 heteroatoms. The molecule has 0 bridgehead atoms. The van der Waals surface area contributed by atoms with Crippen molar-refractivity contribution in [2.75, 3.05) is 24.7 Å². The highest BCUT2D eigenvalue weighted by Gasteiger charge is 2.68. The predicted octanol–water partition coefficient (Wildman–Crippen LogP) is 4.03. The van der Waals surface area contributed by atoms with Gasteiger partial charge in [-0.2, -0.15) is 0 Å². The number of aromatic nitrogens is 1. The van der Waals surface area contributed by atoms with Crippen LogP contribution in [-0.4, -0.2) is 71.6 Å². The molecule has 2 amide bonds. The Balaban J connectivity index is 1.86. The maximum atomic E-state index is 13.4. The van der Waals surface area contributed by atoms with Crippen LogP contribution in [0.15, 0.2) is 36.0 Å². The largest absolute Gasteiger partial charge is 0.444 e. The number of hydrogen-bond donors (Lipinski definition) is 1. The predicted molar refractivity (Wildman–Crippen MR) is 139 cm³/mol. The first-order valence-electron chi connectivity index (χ1n) is 11.4. The molecule has 3 rings (SSSR count). The van der Waals surface area contributed by atoms with Gasteiger partial charge in [0.2, 0.25) is 15.9 Å². The number of sulfonamides is 1. The van der Waals surface area contributed by atoms with Crippen LogP contribution in [0.3, 0.4) is 0 Å². The Morgan fingerprint density at radius 1 is 1.34 bits per heavy atom. The minimum Gasteiger partial charge on any atom is -0.444 e. The van der Waals surface area contributed by atoms with Gasteiger partial charge in [0.05, 0.1) is 5.75 Å². The van der Waals surface area contributed by atoms with Crippen LogP contribution in [0.2, 0.25) is 0 Å².